The predicted octanol–water partition coefficient (Wildman–Crippen LogP) is 6.77. The third-order valence-electron chi connectivity index (χ3n) is 8.19. The van der Waals surface area contributed by atoms with E-state index in [-0.39, 0.29) is 11.7 Å². The Kier molecular flexibility index (Phi) is 7.29. The molecule has 6 rings (SSSR count). The Labute approximate surface area is 246 Å². The first-order valence-electron chi connectivity index (χ1n) is 14.6. The summed E-state index contributed by atoms with van der Waals surface area (Å²) in [5.74, 6) is 1.64. The van der Waals surface area contributed by atoms with Crippen molar-refractivity contribution in [1.29, 1.82) is 0 Å². The van der Waals surface area contributed by atoms with E-state index in [0.717, 1.165) is 74.9 Å². The molecule has 0 bridgehead atoms. The van der Waals surface area contributed by atoms with Crippen LogP contribution in [0.4, 0.5) is 11.4 Å². The molecule has 0 saturated carbocycles. The van der Waals surface area contributed by atoms with Gasteiger partial charge in [-0.15, -0.1) is 0 Å². The SMILES string of the molecule is CCNc1cc2c(cc1C)C1(OCc3cc(C(=O)NCCc4ccc(O)cc4)ccc31)c1cc(C)c(NCC)cc1O2. The predicted molar refractivity (Wildman–Crippen MR) is 166 cm³/mol. The number of rotatable bonds is 8. The van der Waals surface area contributed by atoms with Gasteiger partial charge in [-0.2, -0.15) is 0 Å². The third-order valence-corrected chi connectivity index (χ3v) is 8.19. The fourth-order valence-corrected chi connectivity index (χ4v) is 6.11. The Hall–Kier alpha value is -4.49. The average Bonchev–Trinajstić information content (AvgIpc) is 3.36. The van der Waals surface area contributed by atoms with Crippen LogP contribution in [0.5, 0.6) is 17.2 Å². The van der Waals surface area contributed by atoms with E-state index in [4.69, 9.17) is 9.47 Å². The van der Waals surface area contributed by atoms with Gasteiger partial charge in [0.05, 0.1) is 6.61 Å². The number of anilines is 2. The van der Waals surface area contributed by atoms with Gasteiger partial charge in [0.2, 0.25) is 0 Å². The molecule has 2 aliphatic heterocycles. The van der Waals surface area contributed by atoms with Crippen LogP contribution < -0.4 is 20.7 Å². The Bertz CT molecular complexity index is 1600. The summed E-state index contributed by atoms with van der Waals surface area (Å²) in [5, 5.41) is 19.4. The Morgan fingerprint density at radius 1 is 0.833 bits per heavy atom. The molecule has 2 aliphatic rings. The minimum atomic E-state index is -0.850. The Morgan fingerprint density at radius 3 is 2.05 bits per heavy atom. The maximum Gasteiger partial charge on any atom is 0.251 e. The summed E-state index contributed by atoms with van der Waals surface area (Å²) in [6.45, 7) is 10.9. The van der Waals surface area contributed by atoms with Gasteiger partial charge >= 0.3 is 0 Å². The van der Waals surface area contributed by atoms with Crippen molar-refractivity contribution in [2.24, 2.45) is 0 Å². The lowest BCUT2D eigenvalue weighted by Gasteiger charge is -2.38. The number of hydrogen-bond acceptors (Lipinski definition) is 6. The average molecular weight is 564 g/mol. The fraction of sp³-hybridized carbons (Fsp3) is 0.286. The van der Waals surface area contributed by atoms with Gasteiger partial charge < -0.3 is 30.5 Å². The van der Waals surface area contributed by atoms with Crippen LogP contribution in [0, 0.1) is 13.8 Å². The first-order valence-corrected chi connectivity index (χ1v) is 14.6. The molecule has 4 N–H and O–H groups in total. The summed E-state index contributed by atoms with van der Waals surface area (Å²) in [6.07, 6.45) is 0.680. The zero-order valence-electron chi connectivity index (χ0n) is 24.6. The molecule has 2 heterocycles. The second kappa shape index (κ2) is 11.1. The molecular formula is C35H37N3O4. The first kappa shape index (κ1) is 27.7. The maximum absolute atomic E-state index is 13.1. The van der Waals surface area contributed by atoms with Crippen molar-refractivity contribution in [3.8, 4) is 17.2 Å². The zero-order valence-corrected chi connectivity index (χ0v) is 24.6. The smallest absolute Gasteiger partial charge is 0.251 e. The van der Waals surface area contributed by atoms with Crippen LogP contribution >= 0.6 is 0 Å². The highest BCUT2D eigenvalue weighted by Crippen LogP contribution is 2.57. The highest BCUT2D eigenvalue weighted by Gasteiger charge is 2.50. The van der Waals surface area contributed by atoms with Crippen LogP contribution in [-0.2, 0) is 23.4 Å². The van der Waals surface area contributed by atoms with Crippen LogP contribution in [0.15, 0.2) is 66.7 Å². The van der Waals surface area contributed by atoms with Crippen LogP contribution in [0.1, 0.15) is 63.1 Å². The molecule has 1 amide bonds. The summed E-state index contributed by atoms with van der Waals surface area (Å²) in [7, 11) is 0. The lowest BCUT2D eigenvalue weighted by molar-refractivity contribution is 0.0199. The highest BCUT2D eigenvalue weighted by atomic mass is 16.5. The van der Waals surface area contributed by atoms with Gasteiger partial charge in [-0.1, -0.05) is 18.2 Å². The molecule has 0 aromatic heterocycles. The third kappa shape index (κ3) is 4.73. The van der Waals surface area contributed by atoms with Crippen LogP contribution in [0.2, 0.25) is 0 Å². The van der Waals surface area contributed by atoms with E-state index < -0.39 is 5.60 Å². The standard InChI is InChI=1S/C35H37N3O4/c1-5-36-30-18-32-28(15-21(30)3)35(29-16-22(4)31(37-6-2)19-33(29)42-32)27-12-9-24(17-25(27)20-41-35)34(40)38-14-13-23-7-10-26(39)11-8-23/h7-12,15-19,36-37,39H,5-6,13-14,20H2,1-4H3,(H,38,40). The number of amides is 1. The van der Waals surface area contributed by atoms with Crippen molar-refractivity contribution in [3.63, 3.8) is 0 Å². The molecule has 0 saturated heterocycles. The van der Waals surface area contributed by atoms with Gasteiger partial charge in [-0.25, -0.2) is 0 Å². The van der Waals surface area contributed by atoms with Gasteiger partial charge in [-0.05, 0) is 98.3 Å². The molecule has 7 heteroatoms. The second-order valence-electron chi connectivity index (χ2n) is 11.0. The van der Waals surface area contributed by atoms with E-state index in [0.29, 0.717) is 25.1 Å². The number of carbonyl (C=O) groups is 1. The molecule has 0 atom stereocenters. The summed E-state index contributed by atoms with van der Waals surface area (Å²) in [4.78, 5) is 13.1. The number of aromatic hydroxyl groups is 1. The lowest BCUT2D eigenvalue weighted by atomic mass is 9.76. The van der Waals surface area contributed by atoms with Crippen molar-refractivity contribution in [1.82, 2.24) is 5.32 Å². The molecule has 1 spiro atoms. The summed E-state index contributed by atoms with van der Waals surface area (Å²) in [6, 6.07) is 21.4. The minimum absolute atomic E-state index is 0.123. The van der Waals surface area contributed by atoms with Gasteiger partial charge in [-0.3, -0.25) is 4.79 Å². The quantitative estimate of drug-likeness (QED) is 0.189. The van der Waals surface area contributed by atoms with Gasteiger partial charge in [0, 0.05) is 59.8 Å². The molecule has 42 heavy (non-hydrogen) atoms. The lowest BCUT2D eigenvalue weighted by Crippen LogP contribution is -2.33. The molecule has 4 aromatic rings. The van der Waals surface area contributed by atoms with Crippen molar-refractivity contribution in [2.75, 3.05) is 30.3 Å². The van der Waals surface area contributed by atoms with Gasteiger partial charge in [0.1, 0.15) is 17.2 Å². The molecule has 0 aliphatic carbocycles. The highest BCUT2D eigenvalue weighted by molar-refractivity contribution is 5.94. The molecule has 4 aromatic carbocycles. The van der Waals surface area contributed by atoms with Crippen LogP contribution in [0.3, 0.4) is 0 Å². The van der Waals surface area contributed by atoms with E-state index >= 15 is 0 Å². The summed E-state index contributed by atoms with van der Waals surface area (Å²) < 4.78 is 13.4. The number of nitrogens with one attached hydrogen (secondary N) is 3. The molecule has 7 nitrogen and oxygen atoms in total. The first-order chi connectivity index (χ1) is 20.3. The van der Waals surface area contributed by atoms with Crippen molar-refractivity contribution in [3.05, 3.63) is 111 Å². The number of hydrogen-bond donors (Lipinski definition) is 4. The number of carbonyl (C=O) groups excluding carboxylic acids is 1. The summed E-state index contributed by atoms with van der Waals surface area (Å²) in [5.41, 5.74) is 9.05. The molecular weight excluding hydrogens is 526 g/mol. The number of phenols is 1. The van der Waals surface area contributed by atoms with Crippen LogP contribution in [-0.4, -0.2) is 30.6 Å². The van der Waals surface area contributed by atoms with Crippen molar-refractivity contribution < 1.29 is 19.4 Å². The Morgan fingerprint density at radius 2 is 1.45 bits per heavy atom. The van der Waals surface area contributed by atoms with Crippen molar-refractivity contribution in [2.45, 2.75) is 46.3 Å². The fourth-order valence-electron chi connectivity index (χ4n) is 6.11. The number of benzene rings is 4. The number of phenolic OH excluding ortho intramolecular Hbond substituents is 1. The second-order valence-corrected chi connectivity index (χ2v) is 11.0. The molecule has 216 valence electrons. The van der Waals surface area contributed by atoms with E-state index in [1.54, 1.807) is 12.1 Å². The molecule has 0 unspecified atom stereocenters. The van der Waals surface area contributed by atoms with Gasteiger partial charge in [0.25, 0.3) is 5.91 Å². The normalized spacial score (nSPS) is 14.0. The van der Waals surface area contributed by atoms with E-state index in [2.05, 4.69) is 67.9 Å². The topological polar surface area (TPSA) is 91.9 Å². The number of fused-ring (bicyclic) bond motifs is 6. The van der Waals surface area contributed by atoms with E-state index in [9.17, 15) is 9.90 Å². The molecule has 0 fully saturated rings. The van der Waals surface area contributed by atoms with E-state index in [1.165, 1.54) is 0 Å². The van der Waals surface area contributed by atoms with Crippen molar-refractivity contribution >= 4 is 17.3 Å². The van der Waals surface area contributed by atoms with Crippen LogP contribution in [0.25, 0.3) is 0 Å². The monoisotopic (exact) mass is 563 g/mol. The summed E-state index contributed by atoms with van der Waals surface area (Å²) >= 11 is 0. The molecule has 0 radical (unpaired) electrons. The zero-order chi connectivity index (χ0) is 29.4. The van der Waals surface area contributed by atoms with E-state index in [1.807, 2.05) is 30.3 Å². The number of aryl methyl sites for hydroxylation is 2. The van der Waals surface area contributed by atoms with Gasteiger partial charge in [0.15, 0.2) is 5.60 Å². The minimum Gasteiger partial charge on any atom is -0.508 e. The largest absolute Gasteiger partial charge is 0.508 e. The maximum atomic E-state index is 13.1. The number of ether oxygens (including phenoxy) is 2. The Balaban J connectivity index is 1.37.